The van der Waals surface area contributed by atoms with E-state index in [1.165, 1.54) is 38.8 Å². The van der Waals surface area contributed by atoms with E-state index in [-0.39, 0.29) is 5.91 Å². The van der Waals surface area contributed by atoms with Crippen LogP contribution in [0.15, 0.2) is 0 Å². The minimum absolute atomic E-state index is 0.272. The Morgan fingerprint density at radius 1 is 1.24 bits per heavy atom. The molecule has 98 valence electrons. The molecule has 0 spiro atoms. The molecule has 1 amide bonds. The summed E-state index contributed by atoms with van der Waals surface area (Å²) in [6.45, 7) is 3.80. The predicted molar refractivity (Wildman–Crippen MR) is 68.6 cm³/mol. The molecule has 0 unspecified atom stereocenters. The second kappa shape index (κ2) is 5.83. The van der Waals surface area contributed by atoms with Gasteiger partial charge < -0.3 is 15.5 Å². The van der Waals surface area contributed by atoms with Gasteiger partial charge in [0.1, 0.15) is 0 Å². The van der Waals surface area contributed by atoms with Crippen LogP contribution < -0.4 is 5.73 Å². The first-order valence-electron chi connectivity index (χ1n) is 6.90. The quantitative estimate of drug-likeness (QED) is 0.787. The number of carbonyl (C=O) groups is 1. The molecule has 0 aromatic rings. The van der Waals surface area contributed by atoms with Gasteiger partial charge in [0.2, 0.25) is 5.91 Å². The van der Waals surface area contributed by atoms with E-state index in [1.807, 2.05) is 0 Å². The van der Waals surface area contributed by atoms with Gasteiger partial charge in [0.05, 0.1) is 0 Å². The Morgan fingerprint density at radius 2 is 1.94 bits per heavy atom. The highest BCUT2D eigenvalue weighted by Crippen LogP contribution is 2.31. The zero-order valence-electron chi connectivity index (χ0n) is 10.9. The maximum absolute atomic E-state index is 12.0. The summed E-state index contributed by atoms with van der Waals surface area (Å²) in [4.78, 5) is 16.5. The van der Waals surface area contributed by atoms with Crippen LogP contribution in [0, 0.1) is 5.92 Å². The lowest BCUT2D eigenvalue weighted by atomic mass is 9.88. The molecule has 2 saturated heterocycles. The molecule has 0 saturated carbocycles. The summed E-state index contributed by atoms with van der Waals surface area (Å²) in [7, 11) is 2.18. The highest BCUT2D eigenvalue weighted by Gasteiger charge is 2.35. The zero-order chi connectivity index (χ0) is 12.3. The Bertz CT molecular complexity index is 261. The lowest BCUT2D eigenvalue weighted by molar-refractivity contribution is -0.133. The van der Waals surface area contributed by atoms with E-state index in [0.717, 1.165) is 12.5 Å². The largest absolute Gasteiger partial charge is 0.339 e. The fraction of sp³-hybridized carbons (Fsp3) is 0.923. The van der Waals surface area contributed by atoms with Gasteiger partial charge in [-0.3, -0.25) is 4.79 Å². The topological polar surface area (TPSA) is 49.6 Å². The molecule has 17 heavy (non-hydrogen) atoms. The summed E-state index contributed by atoms with van der Waals surface area (Å²) in [6.07, 6.45) is 5.38. The maximum atomic E-state index is 12.0. The smallest absolute Gasteiger partial charge is 0.224 e. The SMILES string of the molecule is CN1CCC([C@@H]2CCCN2C(=O)CCN)CC1. The molecule has 0 aromatic carbocycles. The number of piperidine rings is 1. The minimum Gasteiger partial charge on any atom is -0.339 e. The van der Waals surface area contributed by atoms with Gasteiger partial charge in [-0.25, -0.2) is 0 Å². The fourth-order valence-corrected chi connectivity index (χ4v) is 3.27. The number of hydrogen-bond donors (Lipinski definition) is 1. The summed E-state index contributed by atoms with van der Waals surface area (Å²) >= 11 is 0. The molecule has 0 aromatic heterocycles. The van der Waals surface area contributed by atoms with Gasteiger partial charge in [-0.2, -0.15) is 0 Å². The number of likely N-dealkylation sites (tertiary alicyclic amines) is 2. The lowest BCUT2D eigenvalue weighted by Gasteiger charge is -2.37. The van der Waals surface area contributed by atoms with Crippen molar-refractivity contribution in [1.82, 2.24) is 9.80 Å². The van der Waals surface area contributed by atoms with Crippen molar-refractivity contribution in [2.75, 3.05) is 33.2 Å². The van der Waals surface area contributed by atoms with Crippen LogP contribution in [0.3, 0.4) is 0 Å². The zero-order valence-corrected chi connectivity index (χ0v) is 10.9. The first kappa shape index (κ1) is 12.8. The van der Waals surface area contributed by atoms with Crippen molar-refractivity contribution in [1.29, 1.82) is 0 Å². The molecule has 2 heterocycles. The molecule has 0 radical (unpaired) electrons. The number of amides is 1. The van der Waals surface area contributed by atoms with Crippen LogP contribution in [0.25, 0.3) is 0 Å². The highest BCUT2D eigenvalue weighted by molar-refractivity contribution is 5.77. The van der Waals surface area contributed by atoms with Crippen LogP contribution in [0.5, 0.6) is 0 Å². The third kappa shape index (κ3) is 2.99. The summed E-state index contributed by atoms with van der Waals surface area (Å²) < 4.78 is 0. The summed E-state index contributed by atoms with van der Waals surface area (Å²) in [6, 6.07) is 0.503. The number of rotatable bonds is 3. The summed E-state index contributed by atoms with van der Waals surface area (Å²) in [5.41, 5.74) is 5.48. The second-order valence-corrected chi connectivity index (χ2v) is 5.48. The average Bonchev–Trinajstić information content (AvgIpc) is 2.79. The van der Waals surface area contributed by atoms with E-state index < -0.39 is 0 Å². The van der Waals surface area contributed by atoms with Crippen molar-refractivity contribution in [3.8, 4) is 0 Å². The Morgan fingerprint density at radius 3 is 2.59 bits per heavy atom. The first-order valence-corrected chi connectivity index (χ1v) is 6.90. The predicted octanol–water partition coefficient (Wildman–Crippen LogP) is 0.668. The van der Waals surface area contributed by atoms with Gasteiger partial charge in [0, 0.05) is 25.6 Å². The molecule has 4 nitrogen and oxygen atoms in total. The molecule has 2 aliphatic rings. The van der Waals surface area contributed by atoms with Crippen molar-refractivity contribution in [3.63, 3.8) is 0 Å². The molecular weight excluding hydrogens is 214 g/mol. The van der Waals surface area contributed by atoms with E-state index >= 15 is 0 Å². The Hall–Kier alpha value is -0.610. The molecule has 0 bridgehead atoms. The van der Waals surface area contributed by atoms with Gasteiger partial charge in [0.25, 0.3) is 0 Å². The monoisotopic (exact) mass is 239 g/mol. The van der Waals surface area contributed by atoms with Crippen LogP contribution in [-0.2, 0) is 4.79 Å². The van der Waals surface area contributed by atoms with E-state index in [1.54, 1.807) is 0 Å². The summed E-state index contributed by atoms with van der Waals surface area (Å²) in [5.74, 6) is 0.990. The summed E-state index contributed by atoms with van der Waals surface area (Å²) in [5, 5.41) is 0. The molecule has 2 rings (SSSR count). The standard InChI is InChI=1S/C13H25N3O/c1-15-9-5-11(6-10-15)12-3-2-8-16(12)13(17)4-7-14/h11-12H,2-10,14H2,1H3/t12-/m0/s1. The van der Waals surface area contributed by atoms with Gasteiger partial charge >= 0.3 is 0 Å². The highest BCUT2D eigenvalue weighted by atomic mass is 16.2. The van der Waals surface area contributed by atoms with E-state index in [2.05, 4.69) is 16.8 Å². The average molecular weight is 239 g/mol. The van der Waals surface area contributed by atoms with E-state index in [0.29, 0.717) is 19.0 Å². The van der Waals surface area contributed by atoms with Crippen LogP contribution in [0.1, 0.15) is 32.1 Å². The Labute approximate surface area is 104 Å². The molecule has 2 fully saturated rings. The van der Waals surface area contributed by atoms with Crippen molar-refractivity contribution < 1.29 is 4.79 Å². The molecule has 1 atom stereocenters. The van der Waals surface area contributed by atoms with E-state index in [9.17, 15) is 4.79 Å². The number of carbonyl (C=O) groups excluding carboxylic acids is 1. The number of nitrogens with zero attached hydrogens (tertiary/aromatic N) is 2. The van der Waals surface area contributed by atoms with Crippen molar-refractivity contribution in [3.05, 3.63) is 0 Å². The van der Waals surface area contributed by atoms with Crippen molar-refractivity contribution in [2.24, 2.45) is 11.7 Å². The van der Waals surface area contributed by atoms with Crippen molar-refractivity contribution in [2.45, 2.75) is 38.1 Å². The van der Waals surface area contributed by atoms with Crippen LogP contribution in [-0.4, -0.2) is 55.0 Å². The lowest BCUT2D eigenvalue weighted by Crippen LogP contribution is -2.44. The number of nitrogens with two attached hydrogens (primary N) is 1. The normalized spacial score (nSPS) is 27.6. The Kier molecular flexibility index (Phi) is 4.40. The maximum Gasteiger partial charge on any atom is 0.224 e. The molecule has 4 heteroatoms. The third-order valence-corrected chi connectivity index (χ3v) is 4.29. The van der Waals surface area contributed by atoms with E-state index in [4.69, 9.17) is 5.73 Å². The molecule has 0 aliphatic carbocycles. The van der Waals surface area contributed by atoms with Crippen LogP contribution in [0.4, 0.5) is 0 Å². The Balaban J connectivity index is 1.92. The van der Waals surface area contributed by atoms with Gasteiger partial charge in [0.15, 0.2) is 0 Å². The van der Waals surface area contributed by atoms with Gasteiger partial charge in [-0.05, 0) is 51.7 Å². The molecule has 2 N–H and O–H groups in total. The minimum atomic E-state index is 0.272. The molecular formula is C13H25N3O. The molecule has 2 aliphatic heterocycles. The first-order chi connectivity index (χ1) is 8.22. The van der Waals surface area contributed by atoms with Crippen LogP contribution in [0.2, 0.25) is 0 Å². The van der Waals surface area contributed by atoms with Gasteiger partial charge in [-0.1, -0.05) is 0 Å². The van der Waals surface area contributed by atoms with Crippen LogP contribution >= 0.6 is 0 Å². The fourth-order valence-electron chi connectivity index (χ4n) is 3.27. The third-order valence-electron chi connectivity index (χ3n) is 4.29. The van der Waals surface area contributed by atoms with Crippen molar-refractivity contribution >= 4 is 5.91 Å². The number of hydrogen-bond acceptors (Lipinski definition) is 3. The second-order valence-electron chi connectivity index (χ2n) is 5.48. The van der Waals surface area contributed by atoms with Gasteiger partial charge in [-0.15, -0.1) is 0 Å².